The Balaban J connectivity index is 2.06. The smallest absolute Gasteiger partial charge is 0.267 e. The molecule has 21 heavy (non-hydrogen) atoms. The predicted octanol–water partition coefficient (Wildman–Crippen LogP) is 1.75. The zero-order chi connectivity index (χ0) is 15.4. The molecular weight excluding hydrogens is 292 g/mol. The zero-order valence-corrected chi connectivity index (χ0v) is 12.4. The Kier molecular flexibility index (Phi) is 4.59. The van der Waals surface area contributed by atoms with Crippen molar-refractivity contribution in [1.29, 1.82) is 0 Å². The molecule has 2 rings (SSSR count). The van der Waals surface area contributed by atoms with Crippen LogP contribution in [0, 0.1) is 6.92 Å². The molecule has 6 nitrogen and oxygen atoms in total. The van der Waals surface area contributed by atoms with E-state index in [1.807, 2.05) is 18.2 Å². The van der Waals surface area contributed by atoms with Gasteiger partial charge in [-0.3, -0.25) is 14.7 Å². The molecule has 110 valence electrons. The van der Waals surface area contributed by atoms with Gasteiger partial charge >= 0.3 is 0 Å². The van der Waals surface area contributed by atoms with Crippen molar-refractivity contribution in [2.45, 2.75) is 20.3 Å². The first kappa shape index (κ1) is 15.1. The Labute approximate surface area is 126 Å². The average Bonchev–Trinajstić information content (AvgIpc) is 2.77. The molecule has 1 aromatic heterocycles. The van der Waals surface area contributed by atoms with Crippen LogP contribution in [-0.2, 0) is 11.2 Å². The summed E-state index contributed by atoms with van der Waals surface area (Å²) in [6.07, 6.45) is -0.0377. The molecule has 0 unspecified atom stereocenters. The summed E-state index contributed by atoms with van der Waals surface area (Å²) in [5, 5.41) is 9.66. The van der Waals surface area contributed by atoms with Gasteiger partial charge in [-0.1, -0.05) is 29.8 Å². The minimum atomic E-state index is -0.366. The number of benzene rings is 1. The second kappa shape index (κ2) is 6.41. The van der Waals surface area contributed by atoms with Crippen LogP contribution in [0.15, 0.2) is 34.2 Å². The van der Waals surface area contributed by atoms with Gasteiger partial charge in [-0.05, 0) is 19.9 Å². The summed E-state index contributed by atoms with van der Waals surface area (Å²) in [6.45, 7) is 3.47. The van der Waals surface area contributed by atoms with Crippen LogP contribution >= 0.6 is 11.6 Å². The molecule has 0 saturated carbocycles. The summed E-state index contributed by atoms with van der Waals surface area (Å²) in [7, 11) is 0. The van der Waals surface area contributed by atoms with Crippen molar-refractivity contribution in [3.8, 4) is 0 Å². The fourth-order valence-electron chi connectivity index (χ4n) is 1.85. The monoisotopic (exact) mass is 306 g/mol. The topological polar surface area (TPSA) is 90.1 Å². The highest BCUT2D eigenvalue weighted by molar-refractivity contribution is 6.34. The molecule has 0 fully saturated rings. The van der Waals surface area contributed by atoms with Crippen LogP contribution in [-0.4, -0.2) is 21.8 Å². The number of aryl methyl sites for hydroxylation is 1. The first-order valence-corrected chi connectivity index (χ1v) is 6.71. The largest absolute Gasteiger partial charge is 0.302 e. The number of carbonyl (C=O) groups is 1. The molecule has 1 amide bonds. The summed E-state index contributed by atoms with van der Waals surface area (Å²) < 4.78 is 0. The first-order valence-electron chi connectivity index (χ1n) is 6.33. The van der Waals surface area contributed by atoms with Crippen molar-refractivity contribution in [3.63, 3.8) is 0 Å². The van der Waals surface area contributed by atoms with E-state index in [1.165, 1.54) is 0 Å². The molecule has 0 atom stereocenters. The Morgan fingerprint density at radius 2 is 2.05 bits per heavy atom. The SMILES string of the molecule is C/C(=N/NC(=O)Cc1c(C)[nH][nH]c1=O)c1ccccc1Cl. The molecule has 0 bridgehead atoms. The number of aromatic nitrogens is 2. The number of amides is 1. The van der Waals surface area contributed by atoms with E-state index < -0.39 is 0 Å². The van der Waals surface area contributed by atoms with Crippen LogP contribution in [0.5, 0.6) is 0 Å². The number of rotatable bonds is 4. The summed E-state index contributed by atoms with van der Waals surface area (Å²) in [5.74, 6) is -0.366. The maximum atomic E-state index is 11.8. The number of carbonyl (C=O) groups excluding carboxylic acids is 1. The van der Waals surface area contributed by atoms with Crippen LogP contribution in [0.2, 0.25) is 5.02 Å². The van der Waals surface area contributed by atoms with E-state index in [2.05, 4.69) is 20.7 Å². The van der Waals surface area contributed by atoms with E-state index in [4.69, 9.17) is 11.6 Å². The van der Waals surface area contributed by atoms with E-state index >= 15 is 0 Å². The lowest BCUT2D eigenvalue weighted by atomic mass is 10.1. The van der Waals surface area contributed by atoms with Crippen molar-refractivity contribution in [2.24, 2.45) is 5.10 Å². The van der Waals surface area contributed by atoms with Crippen molar-refractivity contribution < 1.29 is 4.79 Å². The highest BCUT2D eigenvalue weighted by Gasteiger charge is 2.11. The van der Waals surface area contributed by atoms with Crippen LogP contribution in [0.25, 0.3) is 0 Å². The standard InChI is InChI=1S/C14H15ClN4O2/c1-8(10-5-3-4-6-12(10)15)16-18-13(20)7-11-9(2)17-19-14(11)21/h3-6H,7H2,1-2H3,(H,18,20)(H2,17,19,21)/b16-8-. The van der Waals surface area contributed by atoms with Gasteiger partial charge in [0.15, 0.2) is 0 Å². The Morgan fingerprint density at radius 1 is 1.33 bits per heavy atom. The van der Waals surface area contributed by atoms with E-state index in [0.29, 0.717) is 22.0 Å². The van der Waals surface area contributed by atoms with Crippen molar-refractivity contribution in [3.05, 3.63) is 56.5 Å². The van der Waals surface area contributed by atoms with Gasteiger partial charge in [0, 0.05) is 21.8 Å². The van der Waals surface area contributed by atoms with E-state index in [0.717, 1.165) is 5.56 Å². The van der Waals surface area contributed by atoms with Gasteiger partial charge in [0.2, 0.25) is 5.91 Å². The van der Waals surface area contributed by atoms with Gasteiger partial charge in [-0.15, -0.1) is 0 Å². The van der Waals surface area contributed by atoms with Gasteiger partial charge in [-0.2, -0.15) is 5.10 Å². The lowest BCUT2D eigenvalue weighted by Gasteiger charge is -2.04. The van der Waals surface area contributed by atoms with E-state index in [-0.39, 0.29) is 17.9 Å². The normalized spacial score (nSPS) is 11.5. The molecule has 0 aliphatic heterocycles. The fourth-order valence-corrected chi connectivity index (χ4v) is 2.12. The molecular formula is C14H15ClN4O2. The first-order chi connectivity index (χ1) is 9.99. The van der Waals surface area contributed by atoms with Crippen LogP contribution in [0.4, 0.5) is 0 Å². The zero-order valence-electron chi connectivity index (χ0n) is 11.7. The van der Waals surface area contributed by atoms with Crippen LogP contribution in [0.1, 0.15) is 23.7 Å². The quantitative estimate of drug-likeness (QED) is 0.593. The molecule has 0 radical (unpaired) electrons. The third-order valence-corrected chi connectivity index (χ3v) is 3.37. The van der Waals surface area contributed by atoms with E-state index in [9.17, 15) is 9.59 Å². The van der Waals surface area contributed by atoms with Crippen LogP contribution < -0.4 is 11.0 Å². The van der Waals surface area contributed by atoms with Crippen molar-refractivity contribution in [2.75, 3.05) is 0 Å². The predicted molar refractivity (Wildman–Crippen MR) is 81.7 cm³/mol. The fraction of sp³-hybridized carbons (Fsp3) is 0.214. The Hall–Kier alpha value is -2.34. The third kappa shape index (κ3) is 3.61. The number of nitrogens with zero attached hydrogens (tertiary/aromatic N) is 1. The average molecular weight is 307 g/mol. The number of hydrogen-bond donors (Lipinski definition) is 3. The second-order valence-electron chi connectivity index (χ2n) is 4.57. The number of aromatic amines is 2. The minimum Gasteiger partial charge on any atom is -0.302 e. The lowest BCUT2D eigenvalue weighted by molar-refractivity contribution is -0.120. The van der Waals surface area contributed by atoms with Gasteiger partial charge < -0.3 is 5.10 Å². The molecule has 7 heteroatoms. The maximum Gasteiger partial charge on any atom is 0.267 e. The van der Waals surface area contributed by atoms with Crippen LogP contribution in [0.3, 0.4) is 0 Å². The lowest BCUT2D eigenvalue weighted by Crippen LogP contribution is -2.24. The van der Waals surface area contributed by atoms with Gasteiger partial charge in [0.1, 0.15) is 0 Å². The number of H-pyrrole nitrogens is 2. The van der Waals surface area contributed by atoms with Crippen molar-refractivity contribution in [1.82, 2.24) is 15.6 Å². The molecule has 0 saturated heterocycles. The Morgan fingerprint density at radius 3 is 2.67 bits per heavy atom. The molecule has 0 aliphatic rings. The molecule has 0 spiro atoms. The molecule has 1 aromatic carbocycles. The number of nitrogens with one attached hydrogen (secondary N) is 3. The summed E-state index contributed by atoms with van der Waals surface area (Å²) in [4.78, 5) is 23.3. The summed E-state index contributed by atoms with van der Waals surface area (Å²) in [6, 6.07) is 7.22. The number of halogens is 1. The summed E-state index contributed by atoms with van der Waals surface area (Å²) in [5.41, 5.74) is 4.51. The van der Waals surface area contributed by atoms with Gasteiger partial charge in [-0.25, -0.2) is 5.43 Å². The maximum absolute atomic E-state index is 11.8. The molecule has 3 N–H and O–H groups in total. The second-order valence-corrected chi connectivity index (χ2v) is 4.98. The number of hydrazone groups is 1. The highest BCUT2D eigenvalue weighted by Crippen LogP contribution is 2.15. The van der Waals surface area contributed by atoms with Gasteiger partial charge in [0.25, 0.3) is 5.56 Å². The molecule has 0 aliphatic carbocycles. The Bertz CT molecular complexity index is 745. The van der Waals surface area contributed by atoms with Gasteiger partial charge in [0.05, 0.1) is 12.1 Å². The summed E-state index contributed by atoms with van der Waals surface area (Å²) >= 11 is 6.05. The minimum absolute atomic E-state index is 0.0377. The molecule has 1 heterocycles. The molecule has 2 aromatic rings. The third-order valence-electron chi connectivity index (χ3n) is 3.04. The number of hydrogen-bond acceptors (Lipinski definition) is 3. The van der Waals surface area contributed by atoms with Crippen molar-refractivity contribution >= 4 is 23.2 Å². The highest BCUT2D eigenvalue weighted by atomic mass is 35.5. The van der Waals surface area contributed by atoms with E-state index in [1.54, 1.807) is 19.9 Å².